The third-order valence-corrected chi connectivity index (χ3v) is 4.74. The molecular formula is C17H18N4O4. The van der Waals surface area contributed by atoms with E-state index < -0.39 is 4.92 Å². The van der Waals surface area contributed by atoms with E-state index >= 15 is 0 Å². The maximum Gasteiger partial charge on any atom is 0.274 e. The van der Waals surface area contributed by atoms with Crippen molar-refractivity contribution < 1.29 is 14.5 Å². The molecule has 2 aromatic rings. The van der Waals surface area contributed by atoms with E-state index in [2.05, 4.69) is 10.2 Å². The number of aromatic amines is 1. The minimum absolute atomic E-state index is 0.0288. The fraction of sp³-hybridized carbons (Fsp3) is 0.412. The molecule has 0 unspecified atom stereocenters. The predicted molar refractivity (Wildman–Crippen MR) is 88.6 cm³/mol. The lowest BCUT2D eigenvalue weighted by Crippen LogP contribution is -2.56. The molecule has 2 heterocycles. The van der Waals surface area contributed by atoms with Crippen molar-refractivity contribution in [1.82, 2.24) is 15.1 Å². The van der Waals surface area contributed by atoms with Gasteiger partial charge in [-0.1, -0.05) is 0 Å². The van der Waals surface area contributed by atoms with Crippen LogP contribution < -0.4 is 4.74 Å². The third kappa shape index (κ3) is 2.95. The van der Waals surface area contributed by atoms with Gasteiger partial charge in [0.05, 0.1) is 18.0 Å². The van der Waals surface area contributed by atoms with Crippen LogP contribution in [0.15, 0.2) is 24.3 Å². The molecule has 1 aromatic carbocycles. The van der Waals surface area contributed by atoms with Crippen LogP contribution in [0.2, 0.25) is 0 Å². The molecule has 0 bridgehead atoms. The molecule has 8 heteroatoms. The highest BCUT2D eigenvalue weighted by Gasteiger charge is 2.35. The second-order valence-electron chi connectivity index (χ2n) is 6.44. The van der Waals surface area contributed by atoms with Crippen molar-refractivity contribution >= 4 is 11.6 Å². The van der Waals surface area contributed by atoms with E-state index in [0.717, 1.165) is 36.9 Å². The molecule has 1 amide bonds. The zero-order valence-corrected chi connectivity index (χ0v) is 13.6. The van der Waals surface area contributed by atoms with Crippen molar-refractivity contribution in [3.05, 3.63) is 51.3 Å². The molecular weight excluding hydrogens is 324 g/mol. The number of rotatable bonds is 4. The highest BCUT2D eigenvalue weighted by molar-refractivity contribution is 5.94. The topological polar surface area (TPSA) is 101 Å². The first-order chi connectivity index (χ1) is 12.1. The Hall–Kier alpha value is -2.90. The average molecular weight is 342 g/mol. The minimum atomic E-state index is -0.446. The van der Waals surface area contributed by atoms with Crippen LogP contribution in [0.4, 0.5) is 5.69 Å². The number of likely N-dealkylation sites (tertiary alicyclic amines) is 1. The monoisotopic (exact) mass is 342 g/mol. The van der Waals surface area contributed by atoms with Crippen molar-refractivity contribution in [1.29, 1.82) is 0 Å². The number of non-ortho nitro benzene ring substituents is 1. The number of aromatic nitrogens is 2. The van der Waals surface area contributed by atoms with Gasteiger partial charge in [-0.3, -0.25) is 20.0 Å². The third-order valence-electron chi connectivity index (χ3n) is 4.74. The largest absolute Gasteiger partial charge is 0.487 e. The number of H-pyrrole nitrogens is 1. The molecule has 4 rings (SSSR count). The maximum absolute atomic E-state index is 12.6. The fourth-order valence-corrected chi connectivity index (χ4v) is 3.32. The van der Waals surface area contributed by atoms with E-state index in [1.807, 2.05) is 0 Å². The first-order valence-corrected chi connectivity index (χ1v) is 8.38. The Morgan fingerprint density at radius 1 is 1.24 bits per heavy atom. The molecule has 130 valence electrons. The number of benzene rings is 1. The number of carbonyl (C=O) groups is 1. The summed E-state index contributed by atoms with van der Waals surface area (Å²) >= 11 is 0. The van der Waals surface area contributed by atoms with Crippen molar-refractivity contribution in [3.8, 4) is 5.75 Å². The normalized spacial score (nSPS) is 16.9. The Balaban J connectivity index is 1.35. The molecule has 1 aliphatic carbocycles. The fourth-order valence-electron chi connectivity index (χ4n) is 3.32. The quantitative estimate of drug-likeness (QED) is 0.677. The zero-order valence-electron chi connectivity index (χ0n) is 13.6. The number of aryl methyl sites for hydroxylation is 1. The second kappa shape index (κ2) is 6.19. The molecule has 0 radical (unpaired) electrons. The SMILES string of the molecule is O=C(c1n[nH]c2c1CCCC2)N1CC(Oc2ccc([N+](=O)[O-])cc2)C1. The van der Waals surface area contributed by atoms with Crippen LogP contribution in [0.25, 0.3) is 0 Å². The Morgan fingerprint density at radius 3 is 2.68 bits per heavy atom. The van der Waals surface area contributed by atoms with Crippen LogP contribution in [-0.4, -0.2) is 45.1 Å². The van der Waals surface area contributed by atoms with Crippen LogP contribution in [0.1, 0.15) is 34.6 Å². The summed E-state index contributed by atoms with van der Waals surface area (Å²) in [6, 6.07) is 5.97. The molecule has 0 atom stereocenters. The molecule has 1 saturated heterocycles. The van der Waals surface area contributed by atoms with Crippen molar-refractivity contribution in [2.75, 3.05) is 13.1 Å². The van der Waals surface area contributed by atoms with Gasteiger partial charge in [0.2, 0.25) is 0 Å². The van der Waals surface area contributed by atoms with Gasteiger partial charge in [-0.15, -0.1) is 0 Å². The van der Waals surface area contributed by atoms with E-state index in [-0.39, 0.29) is 17.7 Å². The van der Waals surface area contributed by atoms with E-state index in [0.29, 0.717) is 24.5 Å². The van der Waals surface area contributed by atoms with Gasteiger partial charge < -0.3 is 9.64 Å². The number of hydrogen-bond donors (Lipinski definition) is 1. The smallest absolute Gasteiger partial charge is 0.274 e. The first-order valence-electron chi connectivity index (χ1n) is 8.38. The van der Waals surface area contributed by atoms with E-state index in [9.17, 15) is 14.9 Å². The maximum atomic E-state index is 12.6. The Bertz CT molecular complexity index is 809. The van der Waals surface area contributed by atoms with E-state index in [1.165, 1.54) is 12.1 Å². The summed E-state index contributed by atoms with van der Waals surface area (Å²) in [5, 5.41) is 17.9. The molecule has 0 spiro atoms. The summed E-state index contributed by atoms with van der Waals surface area (Å²) in [7, 11) is 0. The van der Waals surface area contributed by atoms with Crippen molar-refractivity contribution in [2.45, 2.75) is 31.8 Å². The van der Waals surface area contributed by atoms with Gasteiger partial charge in [-0.25, -0.2) is 0 Å². The molecule has 8 nitrogen and oxygen atoms in total. The number of nitro groups is 1. The lowest BCUT2D eigenvalue weighted by molar-refractivity contribution is -0.384. The van der Waals surface area contributed by atoms with Gasteiger partial charge in [0, 0.05) is 23.4 Å². The van der Waals surface area contributed by atoms with Gasteiger partial charge in [0.15, 0.2) is 5.69 Å². The van der Waals surface area contributed by atoms with Crippen LogP contribution in [0.3, 0.4) is 0 Å². The summed E-state index contributed by atoms with van der Waals surface area (Å²) in [6.45, 7) is 0.995. The Kier molecular flexibility index (Phi) is 3.87. The van der Waals surface area contributed by atoms with Gasteiger partial charge in [0.1, 0.15) is 11.9 Å². The van der Waals surface area contributed by atoms with Gasteiger partial charge >= 0.3 is 0 Å². The van der Waals surface area contributed by atoms with Crippen LogP contribution in [0, 0.1) is 10.1 Å². The molecule has 1 aromatic heterocycles. The Labute approximate surface area is 143 Å². The molecule has 0 saturated carbocycles. The summed E-state index contributed by atoms with van der Waals surface area (Å²) in [5.74, 6) is 0.516. The summed E-state index contributed by atoms with van der Waals surface area (Å²) in [6.07, 6.45) is 4.00. The molecule has 1 N–H and O–H groups in total. The molecule has 1 fully saturated rings. The van der Waals surface area contributed by atoms with E-state index in [1.54, 1.807) is 17.0 Å². The number of hydrogen-bond acceptors (Lipinski definition) is 5. The summed E-state index contributed by atoms with van der Waals surface area (Å²) in [5.41, 5.74) is 2.73. The molecule has 25 heavy (non-hydrogen) atoms. The highest BCUT2D eigenvalue weighted by atomic mass is 16.6. The van der Waals surface area contributed by atoms with Gasteiger partial charge in [0.25, 0.3) is 11.6 Å². The number of nitrogens with zero attached hydrogens (tertiary/aromatic N) is 3. The lowest BCUT2D eigenvalue weighted by atomic mass is 9.95. The highest BCUT2D eigenvalue weighted by Crippen LogP contribution is 2.26. The average Bonchev–Trinajstić information content (AvgIpc) is 3.01. The number of ether oxygens (including phenoxy) is 1. The second-order valence-corrected chi connectivity index (χ2v) is 6.44. The number of fused-ring (bicyclic) bond motifs is 1. The number of nitro benzene ring substituents is 1. The standard InChI is InChI=1S/C17H18N4O4/c22-17(16-14-3-1-2-4-15(14)18-19-16)20-9-13(10-20)25-12-7-5-11(6-8-12)21(23)24/h5-8,13H,1-4,9-10H2,(H,18,19). The number of nitrogens with one attached hydrogen (secondary N) is 1. The lowest BCUT2D eigenvalue weighted by Gasteiger charge is -2.38. The van der Waals surface area contributed by atoms with Crippen molar-refractivity contribution in [2.24, 2.45) is 0 Å². The predicted octanol–water partition coefficient (Wildman–Crippen LogP) is 2.10. The number of carbonyl (C=O) groups excluding carboxylic acids is 1. The molecule has 1 aliphatic heterocycles. The summed E-state index contributed by atoms with van der Waals surface area (Å²) in [4.78, 5) is 24.5. The van der Waals surface area contributed by atoms with E-state index in [4.69, 9.17) is 4.74 Å². The van der Waals surface area contributed by atoms with Crippen LogP contribution >= 0.6 is 0 Å². The van der Waals surface area contributed by atoms with Crippen molar-refractivity contribution in [3.63, 3.8) is 0 Å². The first kappa shape index (κ1) is 15.6. The molecule has 2 aliphatic rings. The summed E-state index contributed by atoms with van der Waals surface area (Å²) < 4.78 is 5.75. The van der Waals surface area contributed by atoms with Crippen LogP contribution in [0.5, 0.6) is 5.75 Å². The van der Waals surface area contributed by atoms with Crippen LogP contribution in [-0.2, 0) is 12.8 Å². The number of amides is 1. The zero-order chi connectivity index (χ0) is 17.4. The minimum Gasteiger partial charge on any atom is -0.487 e. The van der Waals surface area contributed by atoms with Gasteiger partial charge in [-0.05, 0) is 37.8 Å². The Morgan fingerprint density at radius 2 is 1.96 bits per heavy atom. The van der Waals surface area contributed by atoms with Gasteiger partial charge in [-0.2, -0.15) is 5.10 Å².